The standard InChI is InChI=1S/C12H7NOS3/c14-11-10(17-12(15)13-11)6-8-5-7-3-1-2-4-9(7)16-8/h1-6H,(H,13,14,15)/b10-6+. The van der Waals surface area contributed by atoms with E-state index >= 15 is 0 Å². The Hall–Kier alpha value is -1.17. The number of hydrogen-bond donors (Lipinski definition) is 1. The van der Waals surface area contributed by atoms with Crippen molar-refractivity contribution in [2.24, 2.45) is 0 Å². The zero-order valence-electron chi connectivity index (χ0n) is 8.60. The quantitative estimate of drug-likeness (QED) is 0.640. The third-order valence-corrected chi connectivity index (χ3v) is 4.59. The molecule has 1 aliphatic heterocycles. The van der Waals surface area contributed by atoms with E-state index in [-0.39, 0.29) is 5.91 Å². The Kier molecular flexibility index (Phi) is 2.74. The summed E-state index contributed by atoms with van der Waals surface area (Å²) in [7, 11) is 0. The lowest BCUT2D eigenvalue weighted by atomic mass is 10.2. The number of thiocarbonyl (C=S) groups is 1. The molecule has 3 rings (SSSR count). The van der Waals surface area contributed by atoms with Crippen molar-refractivity contribution in [2.45, 2.75) is 0 Å². The molecule has 1 aromatic heterocycles. The molecule has 1 amide bonds. The molecule has 0 unspecified atom stereocenters. The molecule has 1 aromatic carbocycles. The van der Waals surface area contributed by atoms with Crippen molar-refractivity contribution < 1.29 is 4.79 Å². The zero-order chi connectivity index (χ0) is 11.8. The largest absolute Gasteiger partial charge is 0.307 e. The molecule has 2 nitrogen and oxygen atoms in total. The average Bonchev–Trinajstić information content (AvgIpc) is 2.82. The van der Waals surface area contributed by atoms with E-state index in [4.69, 9.17) is 12.2 Å². The third-order valence-electron chi connectivity index (χ3n) is 2.36. The van der Waals surface area contributed by atoms with E-state index in [9.17, 15) is 4.79 Å². The SMILES string of the molecule is O=C1NC(=S)S/C1=C/c1cc2ccccc2s1. The van der Waals surface area contributed by atoms with Crippen LogP contribution in [0.25, 0.3) is 16.2 Å². The number of carbonyl (C=O) groups excluding carboxylic acids is 1. The monoisotopic (exact) mass is 277 g/mol. The van der Waals surface area contributed by atoms with Crippen molar-refractivity contribution in [1.82, 2.24) is 5.32 Å². The van der Waals surface area contributed by atoms with Crippen LogP contribution < -0.4 is 5.32 Å². The van der Waals surface area contributed by atoms with Gasteiger partial charge in [0.2, 0.25) is 0 Å². The maximum atomic E-state index is 11.5. The van der Waals surface area contributed by atoms with Crippen LogP contribution in [-0.2, 0) is 4.79 Å². The third kappa shape index (κ3) is 2.13. The van der Waals surface area contributed by atoms with E-state index in [0.717, 1.165) is 4.88 Å². The fraction of sp³-hybridized carbons (Fsp3) is 0. The van der Waals surface area contributed by atoms with Crippen LogP contribution in [0.2, 0.25) is 0 Å². The predicted molar refractivity (Wildman–Crippen MR) is 78.1 cm³/mol. The van der Waals surface area contributed by atoms with Crippen molar-refractivity contribution >= 4 is 61.7 Å². The van der Waals surface area contributed by atoms with Crippen LogP contribution in [0.15, 0.2) is 35.2 Å². The molecule has 1 saturated heterocycles. The first-order chi connectivity index (χ1) is 8.22. The molecule has 5 heteroatoms. The summed E-state index contributed by atoms with van der Waals surface area (Å²) in [6.07, 6.45) is 1.89. The number of rotatable bonds is 1. The predicted octanol–water partition coefficient (Wildman–Crippen LogP) is 3.39. The Morgan fingerprint density at radius 2 is 2.12 bits per heavy atom. The van der Waals surface area contributed by atoms with Crippen molar-refractivity contribution in [1.29, 1.82) is 0 Å². The highest BCUT2D eigenvalue weighted by Crippen LogP contribution is 2.31. The molecule has 1 fully saturated rings. The van der Waals surface area contributed by atoms with Gasteiger partial charge in [-0.1, -0.05) is 42.2 Å². The van der Waals surface area contributed by atoms with Gasteiger partial charge in [0.25, 0.3) is 5.91 Å². The molecular formula is C12H7NOS3. The van der Waals surface area contributed by atoms with Crippen LogP contribution in [0.1, 0.15) is 4.88 Å². The van der Waals surface area contributed by atoms with Gasteiger partial charge in [0.1, 0.15) is 4.32 Å². The summed E-state index contributed by atoms with van der Waals surface area (Å²) in [5.74, 6) is -0.0996. The summed E-state index contributed by atoms with van der Waals surface area (Å²) < 4.78 is 1.76. The maximum Gasteiger partial charge on any atom is 0.263 e. The van der Waals surface area contributed by atoms with Gasteiger partial charge in [-0.25, -0.2) is 0 Å². The topological polar surface area (TPSA) is 29.1 Å². The fourth-order valence-electron chi connectivity index (χ4n) is 1.62. The lowest BCUT2D eigenvalue weighted by Crippen LogP contribution is -2.17. The molecule has 17 heavy (non-hydrogen) atoms. The van der Waals surface area contributed by atoms with E-state index in [1.165, 1.54) is 21.8 Å². The number of thiophene rings is 1. The number of amides is 1. The van der Waals surface area contributed by atoms with Gasteiger partial charge in [-0.05, 0) is 23.6 Å². The maximum absolute atomic E-state index is 11.5. The number of fused-ring (bicyclic) bond motifs is 1. The van der Waals surface area contributed by atoms with Gasteiger partial charge in [0.15, 0.2) is 0 Å². The van der Waals surface area contributed by atoms with Gasteiger partial charge in [-0.2, -0.15) is 0 Å². The number of hydrogen-bond acceptors (Lipinski definition) is 4. The summed E-state index contributed by atoms with van der Waals surface area (Å²) in [6, 6.07) is 10.3. The first kappa shape index (κ1) is 11.0. The van der Waals surface area contributed by atoms with Gasteiger partial charge in [0, 0.05) is 9.58 Å². The van der Waals surface area contributed by atoms with Crippen molar-refractivity contribution in [3.8, 4) is 0 Å². The minimum atomic E-state index is -0.0996. The minimum absolute atomic E-state index is 0.0996. The first-order valence-corrected chi connectivity index (χ1v) is 7.00. The Labute approximate surface area is 112 Å². The number of nitrogens with one attached hydrogen (secondary N) is 1. The Morgan fingerprint density at radius 1 is 1.29 bits per heavy atom. The summed E-state index contributed by atoms with van der Waals surface area (Å²) in [5.41, 5.74) is 0. The summed E-state index contributed by atoms with van der Waals surface area (Å²) in [6.45, 7) is 0. The van der Waals surface area contributed by atoms with Crippen LogP contribution in [0, 0.1) is 0 Å². The molecule has 0 radical (unpaired) electrons. The van der Waals surface area contributed by atoms with Crippen LogP contribution in [0.3, 0.4) is 0 Å². The lowest BCUT2D eigenvalue weighted by molar-refractivity contribution is -0.115. The minimum Gasteiger partial charge on any atom is -0.307 e. The molecule has 1 aliphatic rings. The molecule has 0 saturated carbocycles. The summed E-state index contributed by atoms with van der Waals surface area (Å²) in [5, 5.41) is 3.82. The van der Waals surface area contributed by atoms with Crippen molar-refractivity contribution in [2.75, 3.05) is 0 Å². The van der Waals surface area contributed by atoms with E-state index in [1.807, 2.05) is 18.2 Å². The molecule has 2 heterocycles. The van der Waals surface area contributed by atoms with E-state index in [2.05, 4.69) is 23.5 Å². The molecule has 2 aromatic rings. The van der Waals surface area contributed by atoms with Gasteiger partial charge in [0.05, 0.1) is 4.91 Å². The van der Waals surface area contributed by atoms with E-state index in [0.29, 0.717) is 9.23 Å². The second kappa shape index (κ2) is 4.25. The van der Waals surface area contributed by atoms with Gasteiger partial charge < -0.3 is 5.32 Å². The first-order valence-electron chi connectivity index (χ1n) is 4.96. The molecule has 0 aliphatic carbocycles. The van der Waals surface area contributed by atoms with Gasteiger partial charge >= 0.3 is 0 Å². The zero-order valence-corrected chi connectivity index (χ0v) is 11.0. The van der Waals surface area contributed by atoms with Crippen LogP contribution >= 0.6 is 35.3 Å². The smallest absolute Gasteiger partial charge is 0.263 e. The van der Waals surface area contributed by atoms with Crippen LogP contribution in [0.4, 0.5) is 0 Å². The molecule has 1 N–H and O–H groups in total. The summed E-state index contributed by atoms with van der Waals surface area (Å²) >= 11 is 7.94. The number of carbonyl (C=O) groups is 1. The fourth-order valence-corrected chi connectivity index (χ4v) is 3.74. The molecule has 0 bridgehead atoms. The van der Waals surface area contributed by atoms with E-state index in [1.54, 1.807) is 11.3 Å². The van der Waals surface area contributed by atoms with Crippen LogP contribution in [0.5, 0.6) is 0 Å². The Morgan fingerprint density at radius 3 is 2.82 bits per heavy atom. The molecule has 0 atom stereocenters. The molecular weight excluding hydrogens is 270 g/mol. The van der Waals surface area contributed by atoms with Crippen molar-refractivity contribution in [3.63, 3.8) is 0 Å². The molecule has 0 spiro atoms. The average molecular weight is 277 g/mol. The second-order valence-corrected chi connectivity index (χ2v) is 6.37. The van der Waals surface area contributed by atoms with Gasteiger partial charge in [-0.3, -0.25) is 4.79 Å². The Balaban J connectivity index is 2.02. The lowest BCUT2D eigenvalue weighted by Gasteiger charge is -1.88. The summed E-state index contributed by atoms with van der Waals surface area (Å²) in [4.78, 5) is 13.3. The normalized spacial score (nSPS) is 18.0. The van der Waals surface area contributed by atoms with Crippen molar-refractivity contribution in [3.05, 3.63) is 40.1 Å². The van der Waals surface area contributed by atoms with Crippen LogP contribution in [-0.4, -0.2) is 10.2 Å². The molecule has 84 valence electrons. The Bertz CT molecular complexity index is 624. The van der Waals surface area contributed by atoms with Gasteiger partial charge in [-0.15, -0.1) is 11.3 Å². The number of thioether (sulfide) groups is 1. The van der Waals surface area contributed by atoms with E-state index < -0.39 is 0 Å². The highest BCUT2D eigenvalue weighted by Gasteiger charge is 2.22. The highest BCUT2D eigenvalue weighted by atomic mass is 32.2. The highest BCUT2D eigenvalue weighted by molar-refractivity contribution is 8.26. The number of benzene rings is 1. The second-order valence-electron chi connectivity index (χ2n) is 3.54.